The summed E-state index contributed by atoms with van der Waals surface area (Å²) in [5.41, 5.74) is 0. The number of aliphatic imine (C=N–C) groups is 1. The highest BCUT2D eigenvalue weighted by Crippen LogP contribution is 2.18. The first-order chi connectivity index (χ1) is 9.92. The molecule has 21 heavy (non-hydrogen) atoms. The van der Waals surface area contributed by atoms with Crippen LogP contribution in [0.3, 0.4) is 0 Å². The molecule has 1 saturated heterocycles. The number of amides is 3. The summed E-state index contributed by atoms with van der Waals surface area (Å²) in [5.74, 6) is 0.989. The lowest BCUT2D eigenvalue weighted by molar-refractivity contribution is -0.537. The lowest BCUT2D eigenvalue weighted by atomic mass is 10.1. The Morgan fingerprint density at radius 2 is 1.95 bits per heavy atom. The number of hydrogen-bond acceptors (Lipinski definition) is 4. The monoisotopic (exact) mass is 294 g/mol. The van der Waals surface area contributed by atoms with Gasteiger partial charge in [0.25, 0.3) is 5.91 Å². The molecule has 0 aromatic carbocycles. The number of nitrogens with one attached hydrogen (secondary N) is 1. The summed E-state index contributed by atoms with van der Waals surface area (Å²) in [6, 6.07) is -0.571. The molecule has 2 aliphatic heterocycles. The third kappa shape index (κ3) is 2.52. The second-order valence-electron chi connectivity index (χ2n) is 5.58. The first kappa shape index (κ1) is 15.5. The Labute approximate surface area is 125 Å². The predicted molar refractivity (Wildman–Crippen MR) is 80.5 cm³/mol. The number of rotatable bonds is 4. The van der Waals surface area contributed by atoms with Gasteiger partial charge in [0.15, 0.2) is 0 Å². The molecule has 2 atom stereocenters. The lowest BCUT2D eigenvalue weighted by Gasteiger charge is -2.31. The number of likely N-dealkylation sites (N-methyl/N-ethyl adjacent to an activating group) is 2. The first-order valence-electron chi connectivity index (χ1n) is 7.46. The summed E-state index contributed by atoms with van der Waals surface area (Å²) in [4.78, 5) is 31.6. The Hall–Kier alpha value is -1.92. The molecule has 0 spiro atoms. The number of carbonyl (C=O) groups excluding carboxylic acids is 2. The maximum Gasteiger partial charge on any atom is 0.390 e. The van der Waals surface area contributed by atoms with Crippen molar-refractivity contribution in [1.82, 2.24) is 15.1 Å². The number of urea groups is 1. The van der Waals surface area contributed by atoms with E-state index < -0.39 is 6.04 Å². The molecule has 0 aromatic heterocycles. The molecule has 116 valence electrons. The van der Waals surface area contributed by atoms with Crippen LogP contribution in [0.4, 0.5) is 4.79 Å². The molecule has 2 heterocycles. The number of guanidine groups is 1. The van der Waals surface area contributed by atoms with E-state index in [9.17, 15) is 9.59 Å². The third-order valence-corrected chi connectivity index (χ3v) is 3.98. The second kappa shape index (κ2) is 5.83. The molecule has 3 amide bonds. The molecule has 1 N–H and O–H groups in total. The Kier molecular flexibility index (Phi) is 4.29. The first-order valence-corrected chi connectivity index (χ1v) is 7.46. The van der Waals surface area contributed by atoms with Crippen molar-refractivity contribution in [2.75, 3.05) is 20.6 Å². The van der Waals surface area contributed by atoms with Crippen molar-refractivity contribution in [2.45, 2.75) is 45.7 Å². The van der Waals surface area contributed by atoms with Gasteiger partial charge in [-0.3, -0.25) is 19.9 Å². The average Bonchev–Trinajstić information content (AvgIpc) is 2.82. The molecule has 0 saturated carbocycles. The standard InChI is InChI=1S/C14H23N5O2/c1-6-8-19-10-11(16-13(19)15-9(3)7-2)17(4)14(21)18(5)12(10)20/h9-10H,6-8H2,1-5H3/p+1. The normalized spacial score (nSPS) is 23.5. The number of amidine groups is 1. The van der Waals surface area contributed by atoms with Gasteiger partial charge in [-0.2, -0.15) is 0 Å². The van der Waals surface area contributed by atoms with Gasteiger partial charge in [0.2, 0.25) is 11.9 Å². The van der Waals surface area contributed by atoms with E-state index in [1.165, 1.54) is 16.8 Å². The van der Waals surface area contributed by atoms with Crippen LogP contribution in [-0.4, -0.2) is 70.8 Å². The van der Waals surface area contributed by atoms with Gasteiger partial charge in [-0.1, -0.05) is 18.8 Å². The molecule has 0 radical (unpaired) electrons. The molecular weight excluding hydrogens is 270 g/mol. The van der Waals surface area contributed by atoms with Gasteiger partial charge in [-0.25, -0.2) is 9.37 Å². The Balaban J connectivity index is 2.40. The van der Waals surface area contributed by atoms with E-state index >= 15 is 0 Å². The molecule has 7 nitrogen and oxygen atoms in total. The smallest absolute Gasteiger partial charge is 0.272 e. The highest BCUT2D eigenvalue weighted by Gasteiger charge is 2.51. The van der Waals surface area contributed by atoms with Crippen LogP contribution in [0.5, 0.6) is 0 Å². The molecule has 2 aliphatic rings. The Bertz CT molecular complexity index is 525. The fourth-order valence-electron chi connectivity index (χ4n) is 2.51. The van der Waals surface area contributed by atoms with E-state index in [2.05, 4.69) is 31.1 Å². The highest BCUT2D eigenvalue weighted by atomic mass is 16.2. The highest BCUT2D eigenvalue weighted by molar-refractivity contribution is 6.22. The molecule has 0 bridgehead atoms. The van der Waals surface area contributed by atoms with E-state index in [1.807, 2.05) is 4.58 Å². The lowest BCUT2D eigenvalue weighted by Crippen LogP contribution is -2.61. The van der Waals surface area contributed by atoms with Crippen LogP contribution < -0.4 is 5.32 Å². The van der Waals surface area contributed by atoms with Gasteiger partial charge in [-0.05, 0) is 19.8 Å². The van der Waals surface area contributed by atoms with E-state index in [0.717, 1.165) is 19.4 Å². The molecule has 0 aromatic rings. The van der Waals surface area contributed by atoms with Crippen LogP contribution in [0, 0.1) is 0 Å². The van der Waals surface area contributed by atoms with Crippen molar-refractivity contribution in [3.05, 3.63) is 0 Å². The summed E-state index contributed by atoms with van der Waals surface area (Å²) in [7, 11) is 3.18. The zero-order valence-corrected chi connectivity index (χ0v) is 13.4. The van der Waals surface area contributed by atoms with Crippen molar-refractivity contribution in [1.29, 1.82) is 0 Å². The van der Waals surface area contributed by atoms with Crippen LogP contribution in [0.1, 0.15) is 33.6 Å². The largest absolute Gasteiger partial charge is 0.390 e. The van der Waals surface area contributed by atoms with Crippen molar-refractivity contribution in [2.24, 2.45) is 4.99 Å². The van der Waals surface area contributed by atoms with Crippen molar-refractivity contribution in [3.8, 4) is 0 Å². The van der Waals surface area contributed by atoms with Crippen LogP contribution in [0.2, 0.25) is 0 Å². The zero-order chi connectivity index (χ0) is 15.7. The van der Waals surface area contributed by atoms with Gasteiger partial charge >= 0.3 is 12.0 Å². The number of hydrogen-bond donors (Lipinski definition) is 1. The van der Waals surface area contributed by atoms with Gasteiger partial charge in [-0.15, -0.1) is 0 Å². The Morgan fingerprint density at radius 3 is 2.52 bits per heavy atom. The van der Waals surface area contributed by atoms with Crippen molar-refractivity contribution < 1.29 is 14.2 Å². The number of fused-ring (bicyclic) bond motifs is 1. The van der Waals surface area contributed by atoms with Crippen molar-refractivity contribution in [3.63, 3.8) is 0 Å². The van der Waals surface area contributed by atoms with E-state index in [4.69, 9.17) is 0 Å². The molecule has 2 rings (SSSR count). The molecule has 2 unspecified atom stereocenters. The van der Waals surface area contributed by atoms with E-state index in [0.29, 0.717) is 11.8 Å². The van der Waals surface area contributed by atoms with Gasteiger partial charge in [0, 0.05) is 14.1 Å². The minimum Gasteiger partial charge on any atom is -0.272 e. The summed E-state index contributed by atoms with van der Waals surface area (Å²) in [6.45, 7) is 6.94. The summed E-state index contributed by atoms with van der Waals surface area (Å²) >= 11 is 0. The minimum atomic E-state index is -0.496. The van der Waals surface area contributed by atoms with E-state index in [-0.39, 0.29) is 18.0 Å². The minimum absolute atomic E-state index is 0.216. The van der Waals surface area contributed by atoms with Gasteiger partial charge in [0.1, 0.15) is 0 Å². The van der Waals surface area contributed by atoms with Crippen LogP contribution in [-0.2, 0) is 4.79 Å². The predicted octanol–water partition coefficient (Wildman–Crippen LogP) is 0.458. The zero-order valence-electron chi connectivity index (χ0n) is 13.4. The summed E-state index contributed by atoms with van der Waals surface area (Å²) in [6.07, 6.45) is 1.86. The molecule has 0 aliphatic carbocycles. The maximum atomic E-state index is 12.5. The van der Waals surface area contributed by atoms with Crippen LogP contribution in [0.25, 0.3) is 0 Å². The van der Waals surface area contributed by atoms with Gasteiger partial charge in [0.05, 0.1) is 12.6 Å². The topological polar surface area (TPSA) is 68.0 Å². The van der Waals surface area contributed by atoms with Crippen LogP contribution >= 0.6 is 0 Å². The second-order valence-corrected chi connectivity index (χ2v) is 5.58. The maximum absolute atomic E-state index is 12.5. The Morgan fingerprint density at radius 1 is 1.29 bits per heavy atom. The third-order valence-electron chi connectivity index (χ3n) is 3.98. The molecular formula is C14H24N5O2+. The fourth-order valence-corrected chi connectivity index (χ4v) is 2.51. The quantitative estimate of drug-likeness (QED) is 0.766. The van der Waals surface area contributed by atoms with Crippen LogP contribution in [0.15, 0.2) is 4.99 Å². The number of imide groups is 1. The fraction of sp³-hybridized carbons (Fsp3) is 0.714. The summed E-state index contributed by atoms with van der Waals surface area (Å²) < 4.78 is 1.96. The molecule has 1 fully saturated rings. The van der Waals surface area contributed by atoms with E-state index in [1.54, 1.807) is 7.05 Å². The van der Waals surface area contributed by atoms with Crippen molar-refractivity contribution >= 4 is 23.7 Å². The average molecular weight is 294 g/mol. The molecule has 7 heteroatoms. The summed E-state index contributed by atoms with van der Waals surface area (Å²) in [5, 5.41) is 3.34. The number of carbonyl (C=O) groups is 2. The number of nitrogens with zero attached hydrogens (tertiary/aromatic N) is 4. The SMILES string of the molecule is CCC[N+]1=C(NC(C)CC)N=C2C1C(=O)N(C)C(=O)N2C. The van der Waals surface area contributed by atoms with Gasteiger partial charge < -0.3 is 0 Å².